The molecule has 0 atom stereocenters. The number of carbonyl (C=O) groups is 1. The number of thiocarbonyl (C=S) groups is 1. The number of benzene rings is 2. The normalized spacial score (nSPS) is 11.1. The van der Waals surface area contributed by atoms with Crippen molar-refractivity contribution in [3.8, 4) is 0 Å². The number of sulfonamides is 1. The van der Waals surface area contributed by atoms with E-state index in [0.29, 0.717) is 21.5 Å². The predicted molar refractivity (Wildman–Crippen MR) is 119 cm³/mol. The fraction of sp³-hybridized carbons (Fsp3) is 0.0526. The van der Waals surface area contributed by atoms with E-state index in [1.54, 1.807) is 12.1 Å². The highest BCUT2D eigenvalue weighted by molar-refractivity contribution is 7.89. The number of hydrogen-bond donors (Lipinski definition) is 3. The van der Waals surface area contributed by atoms with Crippen LogP contribution in [0.5, 0.6) is 0 Å². The van der Waals surface area contributed by atoms with Gasteiger partial charge in [0, 0.05) is 21.3 Å². The average Bonchev–Trinajstić information content (AvgIpc) is 3.20. The Morgan fingerprint density at radius 2 is 1.70 bits per heavy atom. The van der Waals surface area contributed by atoms with E-state index in [9.17, 15) is 13.2 Å². The molecule has 30 heavy (non-hydrogen) atoms. The Bertz CT molecular complexity index is 1140. The molecule has 7 nitrogen and oxygen atoms in total. The van der Waals surface area contributed by atoms with E-state index < -0.39 is 15.9 Å². The molecule has 3 N–H and O–H groups in total. The zero-order valence-corrected chi connectivity index (χ0v) is 18.3. The van der Waals surface area contributed by atoms with Crippen LogP contribution < -0.4 is 15.4 Å². The predicted octanol–water partition coefficient (Wildman–Crippen LogP) is 4.19. The van der Waals surface area contributed by atoms with Crippen molar-refractivity contribution in [1.29, 1.82) is 0 Å². The first-order valence-electron chi connectivity index (χ1n) is 8.43. The molecule has 1 heterocycles. The maximum absolute atomic E-state index is 12.3. The molecule has 1 amide bonds. The Balaban J connectivity index is 1.59. The molecule has 0 bridgehead atoms. The third kappa shape index (κ3) is 6.04. The van der Waals surface area contributed by atoms with Crippen LogP contribution >= 0.6 is 35.4 Å². The van der Waals surface area contributed by atoms with E-state index in [2.05, 4.69) is 15.4 Å². The molecule has 2 aromatic carbocycles. The highest BCUT2D eigenvalue weighted by atomic mass is 35.5. The van der Waals surface area contributed by atoms with Gasteiger partial charge in [-0.25, -0.2) is 13.1 Å². The third-order valence-electron chi connectivity index (χ3n) is 3.79. The molecule has 11 heteroatoms. The van der Waals surface area contributed by atoms with E-state index in [1.165, 1.54) is 48.7 Å². The number of carbonyl (C=O) groups excluding carboxylic acids is 1. The first-order valence-corrected chi connectivity index (χ1v) is 11.1. The van der Waals surface area contributed by atoms with Gasteiger partial charge in [-0.2, -0.15) is 0 Å². The Hall–Kier alpha value is -2.43. The summed E-state index contributed by atoms with van der Waals surface area (Å²) in [5.74, 6) is 0.0113. The summed E-state index contributed by atoms with van der Waals surface area (Å²) in [6, 6.07) is 13.6. The molecule has 1 aromatic heterocycles. The SMILES string of the molecule is O=C(NC(=S)Nc1ccc(S(=O)(=O)NCc2ccco2)cc1)c1cc(Cl)cc(Cl)c1. The van der Waals surface area contributed by atoms with Crippen molar-refractivity contribution in [2.45, 2.75) is 11.4 Å². The first kappa shape index (κ1) is 22.3. The Labute approximate surface area is 188 Å². The molecule has 3 aromatic rings. The summed E-state index contributed by atoms with van der Waals surface area (Å²) in [6.45, 7) is 0.0406. The molecule has 0 fully saturated rings. The lowest BCUT2D eigenvalue weighted by atomic mass is 10.2. The van der Waals surface area contributed by atoms with Crippen LogP contribution in [0, 0.1) is 0 Å². The fourth-order valence-corrected chi connectivity index (χ4v) is 4.13. The molecule has 0 aliphatic rings. The van der Waals surface area contributed by atoms with Gasteiger partial charge < -0.3 is 9.73 Å². The van der Waals surface area contributed by atoms with Gasteiger partial charge in [0.25, 0.3) is 5.91 Å². The van der Waals surface area contributed by atoms with E-state index >= 15 is 0 Å². The van der Waals surface area contributed by atoms with Crippen molar-refractivity contribution in [3.05, 3.63) is 82.2 Å². The summed E-state index contributed by atoms with van der Waals surface area (Å²) in [5, 5.41) is 5.99. The Morgan fingerprint density at radius 3 is 2.30 bits per heavy atom. The number of furan rings is 1. The second-order valence-corrected chi connectivity index (χ2v) is 9.04. The summed E-state index contributed by atoms with van der Waals surface area (Å²) in [6.07, 6.45) is 1.47. The molecule has 0 unspecified atom stereocenters. The van der Waals surface area contributed by atoms with Gasteiger partial charge in [-0.05, 0) is 66.8 Å². The van der Waals surface area contributed by atoms with Crippen LogP contribution in [0.4, 0.5) is 5.69 Å². The van der Waals surface area contributed by atoms with Gasteiger partial charge in [-0.3, -0.25) is 10.1 Å². The second-order valence-electron chi connectivity index (χ2n) is 5.99. The number of amides is 1. The van der Waals surface area contributed by atoms with E-state index in [1.807, 2.05) is 0 Å². The van der Waals surface area contributed by atoms with Crippen molar-refractivity contribution >= 4 is 62.2 Å². The van der Waals surface area contributed by atoms with Crippen LogP contribution in [0.15, 0.2) is 70.2 Å². The van der Waals surface area contributed by atoms with Crippen molar-refractivity contribution in [2.75, 3.05) is 5.32 Å². The van der Waals surface area contributed by atoms with Crippen LogP contribution in [-0.4, -0.2) is 19.4 Å². The van der Waals surface area contributed by atoms with Crippen LogP contribution in [0.25, 0.3) is 0 Å². The Morgan fingerprint density at radius 1 is 1.03 bits per heavy atom. The van der Waals surface area contributed by atoms with E-state index in [0.717, 1.165) is 0 Å². The monoisotopic (exact) mass is 483 g/mol. The minimum Gasteiger partial charge on any atom is -0.468 e. The zero-order valence-electron chi connectivity index (χ0n) is 15.2. The van der Waals surface area contributed by atoms with Gasteiger partial charge in [0.1, 0.15) is 5.76 Å². The van der Waals surface area contributed by atoms with Gasteiger partial charge in [0.05, 0.1) is 17.7 Å². The van der Waals surface area contributed by atoms with Crippen LogP contribution in [0.2, 0.25) is 10.0 Å². The van der Waals surface area contributed by atoms with Crippen LogP contribution in [0.3, 0.4) is 0 Å². The lowest BCUT2D eigenvalue weighted by molar-refractivity contribution is 0.0977. The van der Waals surface area contributed by atoms with Gasteiger partial charge >= 0.3 is 0 Å². The standard InChI is InChI=1S/C19H15Cl2N3O4S2/c20-13-8-12(9-14(21)10-13)18(25)24-19(29)23-15-3-5-17(6-4-15)30(26,27)22-11-16-2-1-7-28-16/h1-10,22H,11H2,(H2,23,24,25,29). The van der Waals surface area contributed by atoms with Gasteiger partial charge in [-0.1, -0.05) is 23.2 Å². The van der Waals surface area contributed by atoms with E-state index in [-0.39, 0.29) is 22.1 Å². The number of anilines is 1. The molecule has 0 aliphatic carbocycles. The number of rotatable bonds is 6. The lowest BCUT2D eigenvalue weighted by Crippen LogP contribution is -2.34. The summed E-state index contributed by atoms with van der Waals surface area (Å²) < 4.78 is 32.2. The number of nitrogens with one attached hydrogen (secondary N) is 3. The average molecular weight is 484 g/mol. The second kappa shape index (κ2) is 9.59. The minimum absolute atomic E-state index is 0.0302. The van der Waals surface area contributed by atoms with Gasteiger partial charge in [0.15, 0.2) is 5.11 Å². The highest BCUT2D eigenvalue weighted by Gasteiger charge is 2.15. The maximum atomic E-state index is 12.3. The molecule has 0 saturated heterocycles. The molecule has 0 aliphatic heterocycles. The smallest absolute Gasteiger partial charge is 0.257 e. The van der Waals surface area contributed by atoms with Crippen molar-refractivity contribution in [2.24, 2.45) is 0 Å². The number of hydrogen-bond acceptors (Lipinski definition) is 5. The van der Waals surface area contributed by atoms with Gasteiger partial charge in [-0.15, -0.1) is 0 Å². The largest absolute Gasteiger partial charge is 0.468 e. The van der Waals surface area contributed by atoms with Crippen molar-refractivity contribution < 1.29 is 17.6 Å². The lowest BCUT2D eigenvalue weighted by Gasteiger charge is -2.11. The maximum Gasteiger partial charge on any atom is 0.257 e. The molecular formula is C19H15Cl2N3O4S2. The van der Waals surface area contributed by atoms with Crippen LogP contribution in [-0.2, 0) is 16.6 Å². The summed E-state index contributed by atoms with van der Waals surface area (Å²) >= 11 is 16.9. The number of halogens is 2. The topological polar surface area (TPSA) is 100 Å². The van der Waals surface area contributed by atoms with E-state index in [4.69, 9.17) is 39.8 Å². The molecule has 0 spiro atoms. The molecule has 156 valence electrons. The Kier molecular flexibility index (Phi) is 7.11. The quantitative estimate of drug-likeness (QED) is 0.454. The zero-order chi connectivity index (χ0) is 21.7. The third-order valence-corrected chi connectivity index (χ3v) is 5.85. The van der Waals surface area contributed by atoms with Crippen molar-refractivity contribution in [3.63, 3.8) is 0 Å². The minimum atomic E-state index is -3.71. The van der Waals surface area contributed by atoms with Crippen molar-refractivity contribution in [1.82, 2.24) is 10.0 Å². The first-order chi connectivity index (χ1) is 14.2. The summed E-state index contributed by atoms with van der Waals surface area (Å²) in [4.78, 5) is 12.3. The molecular weight excluding hydrogens is 469 g/mol. The highest BCUT2D eigenvalue weighted by Crippen LogP contribution is 2.19. The molecule has 3 rings (SSSR count). The molecule has 0 radical (unpaired) electrons. The van der Waals surface area contributed by atoms with Crippen LogP contribution in [0.1, 0.15) is 16.1 Å². The fourth-order valence-electron chi connectivity index (χ4n) is 2.40. The summed E-state index contributed by atoms with van der Waals surface area (Å²) in [5.41, 5.74) is 0.745. The van der Waals surface area contributed by atoms with Gasteiger partial charge in [0.2, 0.25) is 10.0 Å². The summed E-state index contributed by atoms with van der Waals surface area (Å²) in [7, 11) is -3.71. The molecule has 0 saturated carbocycles.